The van der Waals surface area contributed by atoms with Gasteiger partial charge < -0.3 is 0 Å². The average molecular weight is 497 g/mol. The van der Waals surface area contributed by atoms with Crippen molar-refractivity contribution in [1.29, 1.82) is 0 Å². The number of allylic oxidation sites excluding steroid dienone is 3. The van der Waals surface area contributed by atoms with Gasteiger partial charge in [0.05, 0.1) is 0 Å². The summed E-state index contributed by atoms with van der Waals surface area (Å²) in [5, 5.41) is 0. The number of hydrogen-bond donors (Lipinski definition) is 0. The van der Waals surface area contributed by atoms with E-state index >= 15 is 0 Å². The molecule has 0 nitrogen and oxygen atoms in total. The van der Waals surface area contributed by atoms with Gasteiger partial charge in [-0.2, -0.15) is 0 Å². The van der Waals surface area contributed by atoms with Crippen LogP contribution in [0.4, 0.5) is 0 Å². The van der Waals surface area contributed by atoms with Crippen molar-refractivity contribution in [2.45, 2.75) is 82.6 Å². The van der Waals surface area contributed by atoms with Crippen molar-refractivity contribution in [2.24, 2.45) is 0 Å². The van der Waals surface area contributed by atoms with Crippen molar-refractivity contribution in [3.05, 3.63) is 57.2 Å². The van der Waals surface area contributed by atoms with Crippen LogP contribution in [-0.2, 0) is 32.2 Å². The third-order valence-electron chi connectivity index (χ3n) is 4.94. The SMILES string of the molecule is C.C.Cc1cc2c(c(C)c1C)CCC2.[CH-]=C(C)C(C)=C(C)[C](C)=[W]. The topological polar surface area (TPSA) is 0 Å². The van der Waals surface area contributed by atoms with Gasteiger partial charge in [0.2, 0.25) is 0 Å². The van der Waals surface area contributed by atoms with Crippen LogP contribution >= 0.6 is 0 Å². The summed E-state index contributed by atoms with van der Waals surface area (Å²) in [7, 11) is 0. The van der Waals surface area contributed by atoms with Gasteiger partial charge in [-0.3, -0.25) is 0 Å². The Morgan fingerprint density at radius 3 is 1.88 bits per heavy atom. The van der Waals surface area contributed by atoms with Crippen molar-refractivity contribution >= 4 is 3.90 Å². The first-order valence-corrected chi connectivity index (χ1v) is 9.49. The molecule has 0 radical (unpaired) electrons. The van der Waals surface area contributed by atoms with E-state index in [0.717, 1.165) is 5.57 Å². The average Bonchev–Trinajstić information content (AvgIpc) is 2.92. The van der Waals surface area contributed by atoms with Crippen LogP contribution in [0.1, 0.15) is 76.8 Å². The number of rotatable bonds is 2. The maximum atomic E-state index is 5.63. The second kappa shape index (κ2) is 11.0. The number of aryl methyl sites for hydroxylation is 2. The first-order chi connectivity index (χ1) is 10.2. The summed E-state index contributed by atoms with van der Waals surface area (Å²) in [6.07, 6.45) is 3.97. The van der Waals surface area contributed by atoms with Crippen LogP contribution in [0.15, 0.2) is 22.8 Å². The molecule has 0 N–H and O–H groups in total. The Bertz CT molecular complexity index is 608. The standard InChI is InChI=1S/C12H16.C9H13.2CH4.W/c1-8-7-11-5-4-6-12(11)10(3)9(8)2;1-6-8(4)9(5)7(2)3;;;/h7H,4-6H2,1-3H3;2H,1,3-5H3;2*1H4;/q;-1;;;. The van der Waals surface area contributed by atoms with Gasteiger partial charge in [0.1, 0.15) is 0 Å². The van der Waals surface area contributed by atoms with Crippen LogP contribution in [0, 0.1) is 27.4 Å². The minimum atomic E-state index is 0. The molecule has 0 amide bonds. The van der Waals surface area contributed by atoms with Gasteiger partial charge in [0.15, 0.2) is 0 Å². The predicted octanol–water partition coefficient (Wildman–Crippen LogP) is 6.81. The second-order valence-electron chi connectivity index (χ2n) is 6.42. The number of benzene rings is 1. The zero-order valence-electron chi connectivity index (χ0n) is 15.2. The quantitative estimate of drug-likeness (QED) is 0.311. The molecule has 0 saturated carbocycles. The van der Waals surface area contributed by atoms with Crippen LogP contribution in [-0.4, -0.2) is 3.90 Å². The first-order valence-electron chi connectivity index (χ1n) is 8.03. The molecule has 0 unspecified atom stereocenters. The Labute approximate surface area is 162 Å². The van der Waals surface area contributed by atoms with E-state index in [4.69, 9.17) is 6.58 Å². The van der Waals surface area contributed by atoms with Gasteiger partial charge in [0, 0.05) is 0 Å². The summed E-state index contributed by atoms with van der Waals surface area (Å²) in [5.74, 6) is 0. The minimum absolute atomic E-state index is 0. The molecule has 0 aliphatic heterocycles. The summed E-state index contributed by atoms with van der Waals surface area (Å²) in [6.45, 7) is 20.6. The van der Waals surface area contributed by atoms with Gasteiger partial charge in [0.25, 0.3) is 0 Å². The third-order valence-corrected chi connectivity index (χ3v) is 6.04. The Kier molecular flexibility index (Phi) is 11.7. The zero-order valence-corrected chi connectivity index (χ0v) is 18.1. The van der Waals surface area contributed by atoms with Crippen LogP contribution in [0.25, 0.3) is 0 Å². The molecule has 0 saturated heterocycles. The molecule has 0 bridgehead atoms. The molecule has 0 atom stereocenters. The van der Waals surface area contributed by atoms with Crippen molar-refractivity contribution in [3.63, 3.8) is 0 Å². The molecular formula is C23H37W-. The van der Waals surface area contributed by atoms with Crippen molar-refractivity contribution < 1.29 is 19.4 Å². The number of hydrogen-bond acceptors (Lipinski definition) is 0. The molecule has 0 fully saturated rings. The van der Waals surface area contributed by atoms with E-state index in [0.29, 0.717) is 0 Å². The van der Waals surface area contributed by atoms with Gasteiger partial charge in [-0.25, -0.2) is 0 Å². The van der Waals surface area contributed by atoms with Gasteiger partial charge in [-0.1, -0.05) is 20.9 Å². The molecule has 1 heteroatoms. The third kappa shape index (κ3) is 6.28. The Morgan fingerprint density at radius 1 is 0.917 bits per heavy atom. The fourth-order valence-corrected chi connectivity index (χ4v) is 3.36. The van der Waals surface area contributed by atoms with Crippen LogP contribution in [0.3, 0.4) is 0 Å². The van der Waals surface area contributed by atoms with Crippen LogP contribution in [0.5, 0.6) is 0 Å². The van der Waals surface area contributed by atoms with E-state index in [9.17, 15) is 0 Å². The molecule has 1 aromatic carbocycles. The predicted molar refractivity (Wildman–Crippen MR) is 109 cm³/mol. The van der Waals surface area contributed by atoms with E-state index in [1.165, 1.54) is 64.8 Å². The summed E-state index contributed by atoms with van der Waals surface area (Å²) in [5.41, 5.74) is 11.3. The molecule has 2 rings (SSSR count). The fraction of sp³-hybridized carbons (Fsp3) is 0.522. The van der Waals surface area contributed by atoms with Gasteiger partial charge >= 0.3 is 74.2 Å². The normalized spacial score (nSPS) is 12.6. The van der Waals surface area contributed by atoms with Crippen LogP contribution in [0.2, 0.25) is 0 Å². The van der Waals surface area contributed by atoms with E-state index in [1.807, 2.05) is 6.92 Å². The summed E-state index contributed by atoms with van der Waals surface area (Å²) < 4.78 is 1.42. The number of fused-ring (bicyclic) bond motifs is 1. The van der Waals surface area contributed by atoms with E-state index in [-0.39, 0.29) is 14.9 Å². The molecule has 0 spiro atoms. The molecule has 1 aliphatic carbocycles. The molecule has 0 aromatic heterocycles. The van der Waals surface area contributed by atoms with Gasteiger partial charge in [-0.05, 0) is 67.9 Å². The summed E-state index contributed by atoms with van der Waals surface area (Å²) in [4.78, 5) is 0. The van der Waals surface area contributed by atoms with Crippen molar-refractivity contribution in [1.82, 2.24) is 0 Å². The fourth-order valence-electron chi connectivity index (χ4n) is 2.81. The zero-order chi connectivity index (χ0) is 17.0. The summed E-state index contributed by atoms with van der Waals surface area (Å²) in [6, 6.07) is 2.38. The molecule has 1 aromatic rings. The molecule has 0 heterocycles. The van der Waals surface area contributed by atoms with E-state index in [1.54, 1.807) is 16.7 Å². The molecule has 24 heavy (non-hydrogen) atoms. The first kappa shape index (κ1) is 25.5. The maximum absolute atomic E-state index is 5.63. The second-order valence-corrected chi connectivity index (χ2v) is 8.62. The molecule has 136 valence electrons. The molecule has 1 aliphatic rings. The van der Waals surface area contributed by atoms with E-state index < -0.39 is 0 Å². The van der Waals surface area contributed by atoms with E-state index in [2.05, 4.69) is 47.6 Å². The Morgan fingerprint density at radius 2 is 1.46 bits per heavy atom. The van der Waals surface area contributed by atoms with Crippen molar-refractivity contribution in [3.8, 4) is 0 Å². The summed E-state index contributed by atoms with van der Waals surface area (Å²) >= 11 is 1.52. The Balaban J connectivity index is 0. The van der Waals surface area contributed by atoms with Crippen molar-refractivity contribution in [2.75, 3.05) is 0 Å². The van der Waals surface area contributed by atoms with Gasteiger partial charge in [-0.15, -0.1) is 0 Å². The monoisotopic (exact) mass is 497 g/mol. The van der Waals surface area contributed by atoms with Crippen LogP contribution < -0.4 is 0 Å². The molecular weight excluding hydrogens is 460 g/mol. The Hall–Kier alpha value is -0.742.